The van der Waals surface area contributed by atoms with Crippen LogP contribution in [0.5, 0.6) is 0 Å². The van der Waals surface area contributed by atoms with Gasteiger partial charge in [0.15, 0.2) is 5.84 Å². The summed E-state index contributed by atoms with van der Waals surface area (Å²) in [6.07, 6.45) is 0. The van der Waals surface area contributed by atoms with E-state index in [0.717, 1.165) is 31.2 Å². The Morgan fingerprint density at radius 2 is 1.83 bits per heavy atom. The van der Waals surface area contributed by atoms with Gasteiger partial charge in [-0.15, -0.1) is 0 Å². The fourth-order valence-electron chi connectivity index (χ4n) is 2.08. The molecule has 0 aliphatic carbocycles. The molecule has 1 aliphatic heterocycles. The van der Waals surface area contributed by atoms with E-state index in [0.29, 0.717) is 6.54 Å². The molecule has 1 aromatic carbocycles. The average Bonchev–Trinajstić information content (AvgIpc) is 2.40. The third-order valence-corrected chi connectivity index (χ3v) is 3.33. The van der Waals surface area contributed by atoms with Crippen LogP contribution < -0.4 is 10.6 Å². The Balaban J connectivity index is 1.88. The van der Waals surface area contributed by atoms with Crippen LogP contribution in [0.25, 0.3) is 0 Å². The van der Waals surface area contributed by atoms with Crippen LogP contribution in [0.4, 0.5) is 5.69 Å². The number of rotatable bonds is 3. The van der Waals surface area contributed by atoms with Crippen LogP contribution in [0, 0.1) is 0 Å². The van der Waals surface area contributed by atoms with Crippen LogP contribution in [0.1, 0.15) is 0 Å². The highest BCUT2D eigenvalue weighted by Gasteiger charge is 2.17. The summed E-state index contributed by atoms with van der Waals surface area (Å²) in [5.74, 6) is 0.259. The summed E-state index contributed by atoms with van der Waals surface area (Å²) in [5.41, 5.74) is 6.68. The van der Waals surface area contributed by atoms with Gasteiger partial charge >= 0.3 is 0 Å². The van der Waals surface area contributed by atoms with Crippen LogP contribution >= 0.6 is 11.6 Å². The molecule has 1 fully saturated rings. The van der Waals surface area contributed by atoms with E-state index >= 15 is 0 Å². The van der Waals surface area contributed by atoms with Gasteiger partial charge in [0, 0.05) is 36.9 Å². The number of nitrogens with two attached hydrogens (primary N) is 1. The SMILES string of the molecule is N/C(CN1CCN(c2ccc(Cl)cc2)CC1)=N\O. The Bertz CT molecular complexity index is 413. The highest BCUT2D eigenvalue weighted by molar-refractivity contribution is 6.30. The Labute approximate surface area is 111 Å². The number of halogens is 1. The first kappa shape index (κ1) is 13.0. The average molecular weight is 269 g/mol. The van der Waals surface area contributed by atoms with Crippen molar-refractivity contribution in [3.8, 4) is 0 Å². The number of piperazine rings is 1. The quantitative estimate of drug-likeness (QED) is 0.374. The van der Waals surface area contributed by atoms with Gasteiger partial charge in [-0.2, -0.15) is 0 Å². The molecule has 6 heteroatoms. The van der Waals surface area contributed by atoms with Crippen molar-refractivity contribution in [1.82, 2.24) is 4.90 Å². The van der Waals surface area contributed by atoms with E-state index in [2.05, 4.69) is 15.0 Å². The van der Waals surface area contributed by atoms with Crippen LogP contribution in [-0.2, 0) is 0 Å². The van der Waals surface area contributed by atoms with Crippen molar-refractivity contribution in [3.63, 3.8) is 0 Å². The number of benzene rings is 1. The summed E-state index contributed by atoms with van der Waals surface area (Å²) >= 11 is 5.87. The van der Waals surface area contributed by atoms with Gasteiger partial charge in [0.05, 0.1) is 6.54 Å². The maximum absolute atomic E-state index is 8.53. The number of oxime groups is 1. The van der Waals surface area contributed by atoms with Gasteiger partial charge < -0.3 is 15.8 Å². The van der Waals surface area contributed by atoms with Crippen molar-refractivity contribution in [2.45, 2.75) is 0 Å². The predicted molar refractivity (Wildman–Crippen MR) is 73.5 cm³/mol. The second-order valence-corrected chi connectivity index (χ2v) is 4.77. The van der Waals surface area contributed by atoms with Crippen LogP contribution in [-0.4, -0.2) is 48.7 Å². The van der Waals surface area contributed by atoms with E-state index < -0.39 is 0 Å². The molecule has 18 heavy (non-hydrogen) atoms. The lowest BCUT2D eigenvalue weighted by Gasteiger charge is -2.35. The highest BCUT2D eigenvalue weighted by Crippen LogP contribution is 2.19. The summed E-state index contributed by atoms with van der Waals surface area (Å²) in [7, 11) is 0. The first-order valence-corrected chi connectivity index (χ1v) is 6.26. The van der Waals surface area contributed by atoms with Crippen molar-refractivity contribution in [2.24, 2.45) is 10.9 Å². The van der Waals surface area contributed by atoms with Gasteiger partial charge in [0.2, 0.25) is 0 Å². The zero-order valence-corrected chi connectivity index (χ0v) is 10.8. The molecule has 98 valence electrons. The second kappa shape index (κ2) is 5.93. The van der Waals surface area contributed by atoms with E-state index in [1.54, 1.807) is 0 Å². The minimum atomic E-state index is 0.259. The number of hydrogen-bond acceptors (Lipinski definition) is 4. The number of hydrogen-bond donors (Lipinski definition) is 2. The maximum atomic E-state index is 8.53. The maximum Gasteiger partial charge on any atom is 0.153 e. The Morgan fingerprint density at radius 1 is 1.22 bits per heavy atom. The van der Waals surface area contributed by atoms with Gasteiger partial charge in [-0.3, -0.25) is 4.90 Å². The summed E-state index contributed by atoms with van der Waals surface area (Å²) in [4.78, 5) is 4.47. The van der Waals surface area contributed by atoms with Crippen molar-refractivity contribution >= 4 is 23.1 Å². The molecule has 1 saturated heterocycles. The largest absolute Gasteiger partial charge is 0.409 e. The zero-order valence-electron chi connectivity index (χ0n) is 10.1. The molecule has 1 aliphatic rings. The third-order valence-electron chi connectivity index (χ3n) is 3.08. The first-order valence-electron chi connectivity index (χ1n) is 5.88. The van der Waals surface area contributed by atoms with Crippen LogP contribution in [0.15, 0.2) is 29.4 Å². The van der Waals surface area contributed by atoms with Gasteiger partial charge in [0.25, 0.3) is 0 Å². The molecule has 0 spiro atoms. The van der Waals surface area contributed by atoms with E-state index in [1.165, 1.54) is 5.69 Å². The molecule has 0 unspecified atom stereocenters. The fourth-order valence-corrected chi connectivity index (χ4v) is 2.20. The Hall–Kier alpha value is -1.46. The van der Waals surface area contributed by atoms with E-state index in [1.807, 2.05) is 24.3 Å². The van der Waals surface area contributed by atoms with Crippen molar-refractivity contribution in [1.29, 1.82) is 0 Å². The van der Waals surface area contributed by atoms with Crippen molar-refractivity contribution < 1.29 is 5.21 Å². The molecule has 3 N–H and O–H groups in total. The minimum absolute atomic E-state index is 0.259. The molecule has 5 nitrogen and oxygen atoms in total. The smallest absolute Gasteiger partial charge is 0.153 e. The molecule has 0 aromatic heterocycles. The number of anilines is 1. The molecule has 0 atom stereocenters. The van der Waals surface area contributed by atoms with E-state index in [9.17, 15) is 0 Å². The van der Waals surface area contributed by atoms with Crippen LogP contribution in [0.2, 0.25) is 5.02 Å². The minimum Gasteiger partial charge on any atom is -0.409 e. The molecular weight excluding hydrogens is 252 g/mol. The van der Waals surface area contributed by atoms with Crippen molar-refractivity contribution in [3.05, 3.63) is 29.3 Å². The highest BCUT2D eigenvalue weighted by atomic mass is 35.5. The first-order chi connectivity index (χ1) is 8.69. The van der Waals surface area contributed by atoms with Crippen molar-refractivity contribution in [2.75, 3.05) is 37.6 Å². The standard InChI is InChI=1S/C12H17ClN4O/c13-10-1-3-11(4-2-10)17-7-5-16(6-8-17)9-12(14)15-18/h1-4,18H,5-9H2,(H2,14,15). The lowest BCUT2D eigenvalue weighted by atomic mass is 10.2. The topological polar surface area (TPSA) is 65.1 Å². The van der Waals surface area contributed by atoms with Gasteiger partial charge in [-0.05, 0) is 24.3 Å². The molecular formula is C12H17ClN4O. The predicted octanol–water partition coefficient (Wildman–Crippen LogP) is 1.21. The molecule has 1 heterocycles. The summed E-state index contributed by atoms with van der Waals surface area (Å²) < 4.78 is 0. The lowest BCUT2D eigenvalue weighted by molar-refractivity contribution is 0.279. The molecule has 0 radical (unpaired) electrons. The molecule has 0 amide bonds. The molecule has 1 aromatic rings. The fraction of sp³-hybridized carbons (Fsp3) is 0.417. The van der Waals surface area contributed by atoms with E-state index in [4.69, 9.17) is 22.5 Å². The number of amidine groups is 1. The summed E-state index contributed by atoms with van der Waals surface area (Å²) in [6, 6.07) is 7.86. The Morgan fingerprint density at radius 3 is 2.39 bits per heavy atom. The Kier molecular flexibility index (Phi) is 4.28. The van der Waals surface area contributed by atoms with E-state index in [-0.39, 0.29) is 5.84 Å². The van der Waals surface area contributed by atoms with Gasteiger partial charge in [-0.1, -0.05) is 16.8 Å². The summed E-state index contributed by atoms with van der Waals surface area (Å²) in [5, 5.41) is 12.3. The summed E-state index contributed by atoms with van der Waals surface area (Å²) in [6.45, 7) is 4.18. The zero-order chi connectivity index (χ0) is 13.0. The number of nitrogens with zero attached hydrogens (tertiary/aromatic N) is 3. The molecule has 0 bridgehead atoms. The molecule has 2 rings (SSSR count). The van der Waals surface area contributed by atoms with Crippen LogP contribution in [0.3, 0.4) is 0 Å². The van der Waals surface area contributed by atoms with Gasteiger partial charge in [0.1, 0.15) is 0 Å². The second-order valence-electron chi connectivity index (χ2n) is 4.33. The molecule has 0 saturated carbocycles. The van der Waals surface area contributed by atoms with Gasteiger partial charge in [-0.25, -0.2) is 0 Å². The third kappa shape index (κ3) is 3.27. The normalized spacial score (nSPS) is 18.1. The lowest BCUT2D eigenvalue weighted by Crippen LogP contribution is -2.48. The monoisotopic (exact) mass is 268 g/mol.